The van der Waals surface area contributed by atoms with E-state index in [0.717, 1.165) is 32.2 Å². The molecule has 4 heteroatoms. The van der Waals surface area contributed by atoms with Crippen molar-refractivity contribution >= 4 is 11.9 Å². The molecule has 0 bridgehead atoms. The van der Waals surface area contributed by atoms with Crippen LogP contribution in [0.2, 0.25) is 0 Å². The summed E-state index contributed by atoms with van der Waals surface area (Å²) in [6.07, 6.45) is 4.60. The second kappa shape index (κ2) is 5.29. The van der Waals surface area contributed by atoms with Crippen LogP contribution in [0.4, 0.5) is 0 Å². The monoisotopic (exact) mass is 253 g/mol. The molecule has 2 aliphatic rings. The van der Waals surface area contributed by atoms with Crippen molar-refractivity contribution in [3.05, 3.63) is 0 Å². The van der Waals surface area contributed by atoms with Crippen LogP contribution in [0.25, 0.3) is 0 Å². The largest absolute Gasteiger partial charge is 0.481 e. The summed E-state index contributed by atoms with van der Waals surface area (Å²) in [5.74, 6) is -0.820. The Bertz CT molecular complexity index is 336. The zero-order chi connectivity index (χ0) is 13.3. The quantitative estimate of drug-likeness (QED) is 0.789. The molecule has 2 atom stereocenters. The standard InChI is InChI=1S/C14H23NO3/c1-9(2)7-8-15(10-3-4-10)13(16)11-5-6-12(11)14(17)18/h9-12H,3-8H2,1-2H3,(H,17,18). The Morgan fingerprint density at radius 3 is 2.17 bits per heavy atom. The minimum absolute atomic E-state index is 0.0943. The van der Waals surface area contributed by atoms with Crippen molar-refractivity contribution in [2.45, 2.75) is 52.0 Å². The van der Waals surface area contributed by atoms with Gasteiger partial charge < -0.3 is 10.0 Å². The Balaban J connectivity index is 1.93. The van der Waals surface area contributed by atoms with E-state index < -0.39 is 11.9 Å². The maximum atomic E-state index is 12.4. The summed E-state index contributed by atoms with van der Waals surface area (Å²) < 4.78 is 0. The predicted octanol–water partition coefficient (Wildman–Crippen LogP) is 2.13. The van der Waals surface area contributed by atoms with Gasteiger partial charge in [0.15, 0.2) is 0 Å². The van der Waals surface area contributed by atoms with Crippen molar-refractivity contribution in [2.24, 2.45) is 17.8 Å². The molecule has 0 saturated heterocycles. The Hall–Kier alpha value is -1.06. The fourth-order valence-electron chi connectivity index (χ4n) is 2.56. The number of carbonyl (C=O) groups excluding carboxylic acids is 1. The summed E-state index contributed by atoms with van der Waals surface area (Å²) >= 11 is 0. The highest BCUT2D eigenvalue weighted by Gasteiger charge is 2.45. The number of hydrogen-bond donors (Lipinski definition) is 1. The number of nitrogens with zero attached hydrogens (tertiary/aromatic N) is 1. The first-order valence-corrected chi connectivity index (χ1v) is 7.04. The second-order valence-corrected chi connectivity index (χ2v) is 6.07. The highest BCUT2D eigenvalue weighted by molar-refractivity contribution is 5.86. The van der Waals surface area contributed by atoms with Gasteiger partial charge in [0.25, 0.3) is 0 Å². The molecule has 0 aromatic heterocycles. The number of amides is 1. The van der Waals surface area contributed by atoms with Crippen LogP contribution in [0.5, 0.6) is 0 Å². The summed E-state index contributed by atoms with van der Waals surface area (Å²) in [5.41, 5.74) is 0. The summed E-state index contributed by atoms with van der Waals surface area (Å²) in [7, 11) is 0. The van der Waals surface area contributed by atoms with Gasteiger partial charge in [0.2, 0.25) is 5.91 Å². The van der Waals surface area contributed by atoms with Gasteiger partial charge in [-0.25, -0.2) is 0 Å². The van der Waals surface area contributed by atoms with Gasteiger partial charge in [-0.3, -0.25) is 9.59 Å². The summed E-state index contributed by atoms with van der Waals surface area (Å²) in [4.78, 5) is 25.4. The molecule has 0 heterocycles. The zero-order valence-corrected chi connectivity index (χ0v) is 11.3. The molecule has 0 radical (unpaired) electrons. The minimum atomic E-state index is -0.806. The lowest BCUT2D eigenvalue weighted by Crippen LogP contribution is -2.47. The lowest BCUT2D eigenvalue weighted by molar-refractivity contribution is -0.157. The fourth-order valence-corrected chi connectivity index (χ4v) is 2.56. The van der Waals surface area contributed by atoms with Crippen LogP contribution in [-0.4, -0.2) is 34.5 Å². The first-order valence-electron chi connectivity index (χ1n) is 7.04. The van der Waals surface area contributed by atoms with Crippen molar-refractivity contribution in [3.8, 4) is 0 Å². The highest BCUT2D eigenvalue weighted by atomic mass is 16.4. The average Bonchev–Trinajstić information content (AvgIpc) is 2.98. The lowest BCUT2D eigenvalue weighted by Gasteiger charge is -2.36. The molecule has 1 N–H and O–H groups in total. The number of rotatable bonds is 6. The van der Waals surface area contributed by atoms with E-state index in [1.807, 2.05) is 4.90 Å². The second-order valence-electron chi connectivity index (χ2n) is 6.07. The van der Waals surface area contributed by atoms with Crippen LogP contribution in [0.3, 0.4) is 0 Å². The fraction of sp³-hybridized carbons (Fsp3) is 0.857. The third kappa shape index (κ3) is 2.85. The molecule has 2 fully saturated rings. The van der Waals surface area contributed by atoms with Crippen molar-refractivity contribution < 1.29 is 14.7 Å². The molecule has 2 unspecified atom stereocenters. The van der Waals surface area contributed by atoms with Crippen LogP contribution >= 0.6 is 0 Å². The van der Waals surface area contributed by atoms with E-state index in [0.29, 0.717) is 18.4 Å². The maximum absolute atomic E-state index is 12.4. The molecule has 2 saturated carbocycles. The number of carboxylic acid groups (broad SMARTS) is 1. The van der Waals surface area contributed by atoms with Crippen LogP contribution in [0.15, 0.2) is 0 Å². The van der Waals surface area contributed by atoms with Crippen molar-refractivity contribution in [2.75, 3.05) is 6.54 Å². The normalized spacial score (nSPS) is 26.8. The van der Waals surface area contributed by atoms with Gasteiger partial charge in [0.1, 0.15) is 0 Å². The summed E-state index contributed by atoms with van der Waals surface area (Å²) in [6.45, 7) is 5.10. The van der Waals surface area contributed by atoms with Gasteiger partial charge >= 0.3 is 5.97 Å². The highest BCUT2D eigenvalue weighted by Crippen LogP contribution is 2.38. The van der Waals surface area contributed by atoms with Crippen LogP contribution in [-0.2, 0) is 9.59 Å². The Morgan fingerprint density at radius 2 is 1.78 bits per heavy atom. The molecule has 102 valence electrons. The number of carboxylic acids is 1. The van der Waals surface area contributed by atoms with E-state index in [9.17, 15) is 9.59 Å². The van der Waals surface area contributed by atoms with Crippen LogP contribution in [0, 0.1) is 17.8 Å². The molecular formula is C14H23NO3. The summed E-state index contributed by atoms with van der Waals surface area (Å²) in [5, 5.41) is 9.04. The topological polar surface area (TPSA) is 57.6 Å². The molecule has 0 aliphatic heterocycles. The van der Waals surface area contributed by atoms with E-state index in [4.69, 9.17) is 5.11 Å². The third-order valence-corrected chi connectivity index (χ3v) is 4.13. The maximum Gasteiger partial charge on any atom is 0.307 e. The average molecular weight is 253 g/mol. The number of hydrogen-bond acceptors (Lipinski definition) is 2. The van der Waals surface area contributed by atoms with E-state index in [1.54, 1.807) is 0 Å². The minimum Gasteiger partial charge on any atom is -0.481 e. The van der Waals surface area contributed by atoms with Gasteiger partial charge in [0, 0.05) is 12.6 Å². The van der Waals surface area contributed by atoms with Crippen molar-refractivity contribution in [1.82, 2.24) is 4.90 Å². The Morgan fingerprint density at radius 1 is 1.17 bits per heavy atom. The van der Waals surface area contributed by atoms with Crippen molar-refractivity contribution in [1.29, 1.82) is 0 Å². The molecule has 2 rings (SSSR count). The van der Waals surface area contributed by atoms with E-state index in [1.165, 1.54) is 0 Å². The molecular weight excluding hydrogens is 230 g/mol. The molecule has 0 aromatic carbocycles. The van der Waals surface area contributed by atoms with E-state index >= 15 is 0 Å². The first kappa shape index (κ1) is 13.4. The predicted molar refractivity (Wildman–Crippen MR) is 68.0 cm³/mol. The summed E-state index contributed by atoms with van der Waals surface area (Å²) in [6, 6.07) is 0.395. The SMILES string of the molecule is CC(C)CCN(C(=O)C1CCC1C(=O)O)C1CC1. The molecule has 0 spiro atoms. The van der Waals surface area contributed by atoms with Crippen LogP contribution in [0.1, 0.15) is 46.0 Å². The molecule has 1 amide bonds. The van der Waals surface area contributed by atoms with Gasteiger partial charge in [-0.2, -0.15) is 0 Å². The van der Waals surface area contributed by atoms with Gasteiger partial charge in [0.05, 0.1) is 11.8 Å². The third-order valence-electron chi connectivity index (χ3n) is 4.13. The molecule has 2 aliphatic carbocycles. The Kier molecular flexibility index (Phi) is 3.93. The Labute approximate surface area is 108 Å². The van der Waals surface area contributed by atoms with Crippen LogP contribution < -0.4 is 0 Å². The van der Waals surface area contributed by atoms with Crippen molar-refractivity contribution in [3.63, 3.8) is 0 Å². The van der Waals surface area contributed by atoms with Gasteiger partial charge in [-0.05, 0) is 38.0 Å². The zero-order valence-electron chi connectivity index (χ0n) is 11.3. The molecule has 18 heavy (non-hydrogen) atoms. The van der Waals surface area contributed by atoms with E-state index in [-0.39, 0.29) is 11.8 Å². The first-order chi connectivity index (χ1) is 8.50. The number of carbonyl (C=O) groups is 2. The van der Waals surface area contributed by atoms with Gasteiger partial charge in [-0.1, -0.05) is 13.8 Å². The molecule has 0 aromatic rings. The number of aliphatic carboxylic acids is 1. The molecule has 4 nitrogen and oxygen atoms in total. The van der Waals surface area contributed by atoms with Gasteiger partial charge in [-0.15, -0.1) is 0 Å². The smallest absolute Gasteiger partial charge is 0.307 e. The van der Waals surface area contributed by atoms with E-state index in [2.05, 4.69) is 13.8 Å². The lowest BCUT2D eigenvalue weighted by atomic mass is 9.73.